The van der Waals surface area contributed by atoms with Crippen molar-refractivity contribution in [3.8, 4) is 0 Å². The lowest BCUT2D eigenvalue weighted by Crippen LogP contribution is -2.48. The van der Waals surface area contributed by atoms with Crippen LogP contribution in [0.4, 0.5) is 18.9 Å². The Bertz CT molecular complexity index is 503. The molecule has 1 amide bonds. The molecule has 1 unspecified atom stereocenters. The minimum absolute atomic E-state index is 0.374. The van der Waals surface area contributed by atoms with Gasteiger partial charge in [0.15, 0.2) is 11.6 Å². The van der Waals surface area contributed by atoms with E-state index in [-0.39, 0.29) is 11.6 Å². The second-order valence-electron chi connectivity index (χ2n) is 5.34. The predicted molar refractivity (Wildman–Crippen MR) is 71.9 cm³/mol. The lowest BCUT2D eigenvalue weighted by Gasteiger charge is -2.27. The van der Waals surface area contributed by atoms with Crippen molar-refractivity contribution in [1.29, 1.82) is 0 Å². The third kappa shape index (κ3) is 4.15. The molecule has 0 radical (unpaired) electrons. The summed E-state index contributed by atoms with van der Waals surface area (Å²) in [7, 11) is 0. The van der Waals surface area contributed by atoms with Crippen molar-refractivity contribution in [1.82, 2.24) is 5.32 Å². The van der Waals surface area contributed by atoms with Gasteiger partial charge in [0.1, 0.15) is 11.9 Å². The van der Waals surface area contributed by atoms with Crippen molar-refractivity contribution < 1.29 is 18.0 Å². The van der Waals surface area contributed by atoms with Crippen LogP contribution >= 0.6 is 0 Å². The second kappa shape index (κ2) is 6.15. The zero-order chi connectivity index (χ0) is 15.5. The number of hydrogen-bond acceptors (Lipinski definition) is 2. The Morgan fingerprint density at radius 1 is 1.30 bits per heavy atom. The largest absolute Gasteiger partial charge is 0.371 e. The van der Waals surface area contributed by atoms with E-state index >= 15 is 0 Å². The number of rotatable bonds is 5. The number of halogens is 3. The van der Waals surface area contributed by atoms with Crippen molar-refractivity contribution >= 4 is 11.6 Å². The molecule has 0 bridgehead atoms. The van der Waals surface area contributed by atoms with E-state index in [1.54, 1.807) is 0 Å². The number of hydrogen-bond donors (Lipinski definition) is 2. The van der Waals surface area contributed by atoms with E-state index in [1.807, 2.05) is 20.8 Å². The summed E-state index contributed by atoms with van der Waals surface area (Å²) < 4.78 is 39.6. The fourth-order valence-corrected chi connectivity index (χ4v) is 1.49. The van der Waals surface area contributed by atoms with Crippen LogP contribution in [0.3, 0.4) is 0 Å². The first-order valence-corrected chi connectivity index (χ1v) is 6.39. The summed E-state index contributed by atoms with van der Waals surface area (Å²) in [6.45, 7) is 7.10. The number of benzene rings is 1. The SMILES string of the molecule is CCC(C)(C)NC(=O)C(C)Nc1cc(F)cc(F)c1F. The van der Waals surface area contributed by atoms with Gasteiger partial charge in [0, 0.05) is 17.7 Å². The van der Waals surface area contributed by atoms with Gasteiger partial charge in [-0.25, -0.2) is 13.2 Å². The van der Waals surface area contributed by atoms with Crippen LogP contribution in [0.15, 0.2) is 12.1 Å². The molecule has 1 rings (SSSR count). The van der Waals surface area contributed by atoms with Gasteiger partial charge < -0.3 is 10.6 Å². The maximum atomic E-state index is 13.5. The van der Waals surface area contributed by atoms with Crippen LogP contribution in [0.5, 0.6) is 0 Å². The van der Waals surface area contributed by atoms with Crippen LogP contribution < -0.4 is 10.6 Å². The molecule has 0 aliphatic heterocycles. The Balaban J connectivity index is 2.81. The fourth-order valence-electron chi connectivity index (χ4n) is 1.49. The molecule has 0 spiro atoms. The van der Waals surface area contributed by atoms with Gasteiger partial charge in [0.2, 0.25) is 5.91 Å². The van der Waals surface area contributed by atoms with Gasteiger partial charge in [-0.15, -0.1) is 0 Å². The van der Waals surface area contributed by atoms with Gasteiger partial charge in [0.25, 0.3) is 0 Å². The third-order valence-corrected chi connectivity index (χ3v) is 3.10. The number of carbonyl (C=O) groups is 1. The first kappa shape index (κ1) is 16.3. The number of anilines is 1. The normalized spacial score (nSPS) is 12.9. The van der Waals surface area contributed by atoms with E-state index in [0.717, 1.165) is 6.07 Å². The van der Waals surface area contributed by atoms with E-state index in [2.05, 4.69) is 10.6 Å². The van der Waals surface area contributed by atoms with Crippen molar-refractivity contribution in [3.05, 3.63) is 29.6 Å². The summed E-state index contributed by atoms with van der Waals surface area (Å²) in [6, 6.07) is 0.440. The summed E-state index contributed by atoms with van der Waals surface area (Å²) in [5, 5.41) is 5.23. The summed E-state index contributed by atoms with van der Waals surface area (Å²) in [5.41, 5.74) is -0.780. The lowest BCUT2D eigenvalue weighted by atomic mass is 10.0. The standard InChI is InChI=1S/C14H19F3N2O/c1-5-14(3,4)19-13(20)8(2)18-11-7-9(15)6-10(16)12(11)17/h6-8,18H,5H2,1-4H3,(H,19,20). The minimum atomic E-state index is -1.30. The Kier molecular flexibility index (Phi) is 5.03. The molecule has 3 nitrogen and oxygen atoms in total. The molecule has 1 aromatic rings. The summed E-state index contributed by atoms with van der Waals surface area (Å²) >= 11 is 0. The average molecular weight is 288 g/mol. The minimum Gasteiger partial charge on any atom is -0.371 e. The summed E-state index contributed by atoms with van der Waals surface area (Å²) in [5.74, 6) is -3.79. The second-order valence-corrected chi connectivity index (χ2v) is 5.34. The summed E-state index contributed by atoms with van der Waals surface area (Å²) in [4.78, 5) is 11.9. The quantitative estimate of drug-likeness (QED) is 0.817. The molecule has 1 atom stereocenters. The molecule has 6 heteroatoms. The molecule has 0 aliphatic rings. The molecule has 1 aromatic carbocycles. The highest BCUT2D eigenvalue weighted by molar-refractivity contribution is 5.84. The van der Waals surface area contributed by atoms with Gasteiger partial charge >= 0.3 is 0 Å². The van der Waals surface area contributed by atoms with Gasteiger partial charge in [0.05, 0.1) is 5.69 Å². The molecule has 0 saturated carbocycles. The smallest absolute Gasteiger partial charge is 0.242 e. The highest BCUT2D eigenvalue weighted by atomic mass is 19.2. The van der Waals surface area contributed by atoms with Gasteiger partial charge in [-0.3, -0.25) is 4.79 Å². The molecule has 20 heavy (non-hydrogen) atoms. The molecule has 112 valence electrons. The molecule has 0 heterocycles. The van der Waals surface area contributed by atoms with Gasteiger partial charge in [-0.1, -0.05) is 6.92 Å². The Morgan fingerprint density at radius 3 is 2.45 bits per heavy atom. The average Bonchev–Trinajstić information content (AvgIpc) is 2.34. The third-order valence-electron chi connectivity index (χ3n) is 3.10. The first-order chi connectivity index (χ1) is 9.16. The fraction of sp³-hybridized carbons (Fsp3) is 0.500. The summed E-state index contributed by atoms with van der Waals surface area (Å²) in [6.07, 6.45) is 0.717. The van der Waals surface area contributed by atoms with Crippen molar-refractivity contribution in [3.63, 3.8) is 0 Å². The van der Waals surface area contributed by atoms with E-state index in [0.29, 0.717) is 12.5 Å². The van der Waals surface area contributed by atoms with Crippen molar-refractivity contribution in [2.75, 3.05) is 5.32 Å². The van der Waals surface area contributed by atoms with Crippen LogP contribution in [0.2, 0.25) is 0 Å². The first-order valence-electron chi connectivity index (χ1n) is 6.39. The van der Waals surface area contributed by atoms with Gasteiger partial charge in [-0.05, 0) is 27.2 Å². The zero-order valence-electron chi connectivity index (χ0n) is 12.0. The van der Waals surface area contributed by atoms with Crippen molar-refractivity contribution in [2.45, 2.75) is 45.7 Å². The highest BCUT2D eigenvalue weighted by Gasteiger charge is 2.23. The van der Waals surface area contributed by atoms with E-state index in [1.165, 1.54) is 6.92 Å². The predicted octanol–water partition coefficient (Wildman–Crippen LogP) is 3.21. The van der Waals surface area contributed by atoms with Crippen LogP contribution in [-0.2, 0) is 4.79 Å². The maximum Gasteiger partial charge on any atom is 0.242 e. The molecule has 0 saturated heterocycles. The van der Waals surface area contributed by atoms with Crippen LogP contribution in [0, 0.1) is 17.5 Å². The van der Waals surface area contributed by atoms with E-state index < -0.39 is 29.0 Å². The molecule has 2 N–H and O–H groups in total. The number of amides is 1. The Morgan fingerprint density at radius 2 is 1.90 bits per heavy atom. The van der Waals surface area contributed by atoms with E-state index in [4.69, 9.17) is 0 Å². The molecular weight excluding hydrogens is 269 g/mol. The highest BCUT2D eigenvalue weighted by Crippen LogP contribution is 2.20. The van der Waals surface area contributed by atoms with Crippen LogP contribution in [-0.4, -0.2) is 17.5 Å². The number of nitrogens with one attached hydrogen (secondary N) is 2. The van der Waals surface area contributed by atoms with Crippen LogP contribution in [0.1, 0.15) is 34.1 Å². The molecular formula is C14H19F3N2O. The monoisotopic (exact) mass is 288 g/mol. The Labute approximate surface area is 116 Å². The Hall–Kier alpha value is -1.72. The maximum absolute atomic E-state index is 13.5. The topological polar surface area (TPSA) is 41.1 Å². The van der Waals surface area contributed by atoms with Crippen molar-refractivity contribution in [2.24, 2.45) is 0 Å². The van der Waals surface area contributed by atoms with Crippen LogP contribution in [0.25, 0.3) is 0 Å². The molecule has 0 aromatic heterocycles. The zero-order valence-corrected chi connectivity index (χ0v) is 12.0. The van der Waals surface area contributed by atoms with E-state index in [9.17, 15) is 18.0 Å². The number of carbonyl (C=O) groups excluding carboxylic acids is 1. The molecule has 0 aliphatic carbocycles. The molecule has 0 fully saturated rings. The lowest BCUT2D eigenvalue weighted by molar-refractivity contribution is -0.123. The van der Waals surface area contributed by atoms with Gasteiger partial charge in [-0.2, -0.15) is 0 Å².